The molecular weight excluding hydrogens is 490 g/mol. The fourth-order valence-corrected chi connectivity index (χ4v) is 3.79. The van der Waals surface area contributed by atoms with E-state index in [0.29, 0.717) is 33.5 Å². The summed E-state index contributed by atoms with van der Waals surface area (Å²) >= 11 is 1.09. The van der Waals surface area contributed by atoms with Crippen LogP contribution in [-0.4, -0.2) is 16.0 Å². The normalized spacial score (nSPS) is 15.9. The third-order valence-electron chi connectivity index (χ3n) is 4.60. The lowest BCUT2D eigenvalue weighted by molar-refractivity contribution is -0.385. The molecule has 0 aliphatic carbocycles. The van der Waals surface area contributed by atoms with E-state index in [0.717, 1.165) is 17.8 Å². The number of nitrogens with one attached hydrogen (secondary N) is 1. The predicted octanol–water partition coefficient (Wildman–Crippen LogP) is 6.44. The molecule has 3 aromatic carbocycles. The molecule has 0 radical (unpaired) electrons. The molecule has 12 heteroatoms. The number of hydrogen-bond donors (Lipinski definition) is 1. The zero-order valence-corrected chi connectivity index (χ0v) is 18.2. The largest absolute Gasteiger partial charge is 0.450 e. The lowest BCUT2D eigenvalue weighted by atomic mass is 10.1. The average Bonchev–Trinajstić information content (AvgIpc) is 3.14. The van der Waals surface area contributed by atoms with E-state index in [4.69, 9.17) is 4.74 Å². The van der Waals surface area contributed by atoms with Gasteiger partial charge in [0.05, 0.1) is 21.1 Å². The summed E-state index contributed by atoms with van der Waals surface area (Å²) in [6.45, 7) is 0. The Morgan fingerprint density at radius 2 is 1.71 bits per heavy atom. The Morgan fingerprint density at radius 3 is 2.34 bits per heavy atom. The average molecular weight is 503 g/mol. The van der Waals surface area contributed by atoms with Crippen LogP contribution in [0.4, 0.5) is 28.9 Å². The number of carbonyl (C=O) groups excluding carboxylic acids is 1. The highest BCUT2D eigenvalue weighted by molar-refractivity contribution is 8.18. The minimum atomic E-state index is -4.73. The van der Waals surface area contributed by atoms with Crippen molar-refractivity contribution >= 4 is 40.3 Å². The lowest BCUT2D eigenvalue weighted by Gasteiger charge is -2.10. The van der Waals surface area contributed by atoms with Crippen molar-refractivity contribution < 1.29 is 32.0 Å². The van der Waals surface area contributed by atoms with Crippen LogP contribution in [0.25, 0.3) is 6.08 Å². The summed E-state index contributed by atoms with van der Waals surface area (Å²) in [5.41, 5.74) is -0.916. The van der Waals surface area contributed by atoms with Gasteiger partial charge in [0.1, 0.15) is 11.6 Å². The van der Waals surface area contributed by atoms with E-state index in [1.807, 2.05) is 0 Å². The number of alkyl halides is 3. The fraction of sp³-hybridized carbons (Fsp3) is 0.0435. The number of ether oxygens (including phenoxy) is 1. The van der Waals surface area contributed by atoms with Gasteiger partial charge in [0.25, 0.3) is 5.91 Å². The molecule has 1 N–H and O–H groups in total. The minimum Gasteiger partial charge on any atom is -0.450 e. The Hall–Kier alpha value is -4.19. The fourth-order valence-electron chi connectivity index (χ4n) is 2.95. The molecule has 0 saturated carbocycles. The number of amides is 1. The van der Waals surface area contributed by atoms with Crippen molar-refractivity contribution in [2.24, 2.45) is 4.99 Å². The smallest absolute Gasteiger partial charge is 0.416 e. The molecule has 35 heavy (non-hydrogen) atoms. The monoisotopic (exact) mass is 503 g/mol. The van der Waals surface area contributed by atoms with E-state index in [1.165, 1.54) is 36.4 Å². The van der Waals surface area contributed by atoms with E-state index in [-0.39, 0.29) is 17.4 Å². The number of rotatable bonds is 5. The van der Waals surface area contributed by atoms with Gasteiger partial charge in [-0.2, -0.15) is 13.2 Å². The maximum atomic E-state index is 13.0. The van der Waals surface area contributed by atoms with Gasteiger partial charge in [-0.25, -0.2) is 9.38 Å². The third kappa shape index (κ3) is 5.84. The van der Waals surface area contributed by atoms with Crippen LogP contribution >= 0.6 is 11.8 Å². The van der Waals surface area contributed by atoms with Gasteiger partial charge in [-0.3, -0.25) is 14.9 Å². The molecule has 0 bridgehead atoms. The van der Waals surface area contributed by atoms with Crippen LogP contribution in [0.2, 0.25) is 0 Å². The summed E-state index contributed by atoms with van der Waals surface area (Å²) in [4.78, 5) is 27.1. The highest BCUT2D eigenvalue weighted by Crippen LogP contribution is 2.38. The van der Waals surface area contributed by atoms with Crippen LogP contribution in [0.1, 0.15) is 11.1 Å². The van der Waals surface area contributed by atoms with E-state index in [2.05, 4.69) is 10.3 Å². The predicted molar refractivity (Wildman–Crippen MR) is 122 cm³/mol. The minimum absolute atomic E-state index is 0.150. The Balaban J connectivity index is 1.49. The van der Waals surface area contributed by atoms with Crippen molar-refractivity contribution in [1.29, 1.82) is 0 Å². The van der Waals surface area contributed by atoms with Gasteiger partial charge >= 0.3 is 11.9 Å². The summed E-state index contributed by atoms with van der Waals surface area (Å²) < 4.78 is 57.0. The molecule has 1 aliphatic heterocycles. The van der Waals surface area contributed by atoms with Crippen molar-refractivity contribution in [3.8, 4) is 11.5 Å². The number of halogens is 4. The van der Waals surface area contributed by atoms with Crippen molar-refractivity contribution in [2.45, 2.75) is 6.18 Å². The first-order valence-corrected chi connectivity index (χ1v) is 10.6. The van der Waals surface area contributed by atoms with E-state index < -0.39 is 28.2 Å². The number of thioether (sulfide) groups is 1. The molecule has 1 heterocycles. The summed E-state index contributed by atoms with van der Waals surface area (Å²) in [5.74, 6) is -0.979. The number of benzene rings is 3. The zero-order chi connectivity index (χ0) is 25.2. The van der Waals surface area contributed by atoms with Crippen LogP contribution < -0.4 is 10.1 Å². The van der Waals surface area contributed by atoms with Gasteiger partial charge < -0.3 is 10.1 Å². The van der Waals surface area contributed by atoms with Crippen LogP contribution in [-0.2, 0) is 11.0 Å². The quantitative estimate of drug-likeness (QED) is 0.187. The number of nitro benzene ring substituents is 1. The molecule has 0 aromatic heterocycles. The van der Waals surface area contributed by atoms with Crippen LogP contribution in [0.3, 0.4) is 0 Å². The molecule has 1 saturated heterocycles. The summed E-state index contributed by atoms with van der Waals surface area (Å²) in [6, 6.07) is 13.5. The van der Waals surface area contributed by atoms with E-state index >= 15 is 0 Å². The molecule has 4 rings (SSSR count). The van der Waals surface area contributed by atoms with Crippen molar-refractivity contribution in [3.63, 3.8) is 0 Å². The Bertz CT molecular complexity index is 1350. The first-order chi connectivity index (χ1) is 16.6. The molecule has 178 valence electrons. The summed E-state index contributed by atoms with van der Waals surface area (Å²) in [5, 5.41) is 14.1. The molecular formula is C23H13F4N3O4S. The van der Waals surface area contributed by atoms with Crippen molar-refractivity contribution in [3.05, 3.63) is 98.7 Å². The second-order valence-electron chi connectivity index (χ2n) is 7.07. The molecule has 0 spiro atoms. The Labute approximate surface area is 199 Å². The maximum Gasteiger partial charge on any atom is 0.416 e. The molecule has 0 atom stereocenters. The number of hydrogen-bond acceptors (Lipinski definition) is 6. The van der Waals surface area contributed by atoms with E-state index in [1.54, 1.807) is 18.2 Å². The number of nitrogens with zero attached hydrogens (tertiary/aromatic N) is 2. The second-order valence-corrected chi connectivity index (χ2v) is 8.10. The highest BCUT2D eigenvalue weighted by atomic mass is 32.2. The van der Waals surface area contributed by atoms with Gasteiger partial charge in [0.15, 0.2) is 5.17 Å². The molecule has 0 unspecified atom stereocenters. The second kappa shape index (κ2) is 9.58. The number of aliphatic imine (C=N–C) groups is 1. The summed E-state index contributed by atoms with van der Waals surface area (Å²) in [6.07, 6.45) is -3.15. The first kappa shape index (κ1) is 24.0. The standard InChI is InChI=1S/C23H13F4N3O4S/c24-15-4-6-16(7-5-15)28-22-29-21(31)20(35-22)11-13-1-8-17(9-2-13)34-19-10-3-14(23(25,26)27)12-18(19)30(32)33/h1-12H,(H,28,29,31). The van der Waals surface area contributed by atoms with Crippen LogP contribution in [0.15, 0.2) is 76.6 Å². The number of nitro groups is 1. The lowest BCUT2D eigenvalue weighted by Crippen LogP contribution is -2.19. The van der Waals surface area contributed by atoms with Gasteiger partial charge in [0, 0.05) is 6.07 Å². The molecule has 3 aromatic rings. The van der Waals surface area contributed by atoms with Crippen molar-refractivity contribution in [2.75, 3.05) is 0 Å². The zero-order valence-electron chi connectivity index (χ0n) is 17.4. The van der Waals surface area contributed by atoms with Crippen molar-refractivity contribution in [1.82, 2.24) is 5.32 Å². The van der Waals surface area contributed by atoms with Gasteiger partial charge in [-0.1, -0.05) is 12.1 Å². The molecule has 1 amide bonds. The van der Waals surface area contributed by atoms with Gasteiger partial charge in [-0.15, -0.1) is 0 Å². The molecule has 1 fully saturated rings. The number of carbonyl (C=O) groups is 1. The van der Waals surface area contributed by atoms with Crippen LogP contribution in [0.5, 0.6) is 11.5 Å². The van der Waals surface area contributed by atoms with Gasteiger partial charge in [-0.05, 0) is 71.9 Å². The first-order valence-electron chi connectivity index (χ1n) is 9.77. The highest BCUT2D eigenvalue weighted by Gasteiger charge is 2.33. The van der Waals surface area contributed by atoms with E-state index in [9.17, 15) is 32.5 Å². The maximum absolute atomic E-state index is 13.0. The Morgan fingerprint density at radius 1 is 1.03 bits per heavy atom. The SMILES string of the molecule is O=C1NC(=Nc2ccc(F)cc2)SC1=Cc1ccc(Oc2ccc(C(F)(F)F)cc2[N+](=O)[O-])cc1. The number of amidine groups is 1. The molecule has 7 nitrogen and oxygen atoms in total. The van der Waals surface area contributed by atoms with Crippen LogP contribution in [0, 0.1) is 15.9 Å². The topological polar surface area (TPSA) is 93.8 Å². The third-order valence-corrected chi connectivity index (χ3v) is 5.51. The molecule has 1 aliphatic rings. The van der Waals surface area contributed by atoms with Gasteiger partial charge in [0.2, 0.25) is 5.75 Å². The summed E-state index contributed by atoms with van der Waals surface area (Å²) in [7, 11) is 0. The Kier molecular flexibility index (Phi) is 6.56.